The Balaban J connectivity index is 2.49. The molecule has 0 bridgehead atoms. The van der Waals surface area contributed by atoms with Gasteiger partial charge in [-0.2, -0.15) is 0 Å². The van der Waals surface area contributed by atoms with E-state index < -0.39 is 23.3 Å². The fraction of sp³-hybridized carbons (Fsp3) is 0.364. The van der Waals surface area contributed by atoms with Crippen molar-refractivity contribution >= 4 is 17.6 Å². The van der Waals surface area contributed by atoms with Crippen molar-refractivity contribution < 1.29 is 19.4 Å². The van der Waals surface area contributed by atoms with Crippen molar-refractivity contribution in [1.29, 1.82) is 0 Å². The lowest BCUT2D eigenvalue weighted by atomic mass is 9.62. The van der Waals surface area contributed by atoms with Gasteiger partial charge in [0.1, 0.15) is 11.2 Å². The molecule has 1 aromatic rings. The summed E-state index contributed by atoms with van der Waals surface area (Å²) in [6, 6.07) is 4.28. The summed E-state index contributed by atoms with van der Waals surface area (Å²) >= 11 is 5.61. The first-order valence-corrected chi connectivity index (χ1v) is 5.21. The van der Waals surface area contributed by atoms with Gasteiger partial charge >= 0.3 is 5.97 Å². The van der Waals surface area contributed by atoms with Gasteiger partial charge in [0, 0.05) is 5.56 Å². The number of aliphatic carboxylic acids is 1. The molecule has 0 amide bonds. The van der Waals surface area contributed by atoms with Gasteiger partial charge in [-0.05, 0) is 18.9 Å². The van der Waals surface area contributed by atoms with Crippen molar-refractivity contribution in [2.75, 3.05) is 0 Å². The zero-order valence-corrected chi connectivity index (χ0v) is 9.04. The van der Waals surface area contributed by atoms with Crippen LogP contribution in [0, 0.1) is 5.82 Å². The molecule has 16 heavy (non-hydrogen) atoms. The van der Waals surface area contributed by atoms with Crippen LogP contribution in [0.5, 0.6) is 0 Å². The first-order chi connectivity index (χ1) is 7.47. The third-order valence-corrected chi connectivity index (χ3v) is 3.34. The van der Waals surface area contributed by atoms with Gasteiger partial charge in [-0.1, -0.05) is 23.7 Å². The Labute approximate surface area is 96.5 Å². The summed E-state index contributed by atoms with van der Waals surface area (Å²) in [5.74, 6) is -1.84. The van der Waals surface area contributed by atoms with Crippen LogP contribution in [-0.4, -0.2) is 22.3 Å². The van der Waals surface area contributed by atoms with Crippen LogP contribution in [0.15, 0.2) is 18.2 Å². The summed E-state index contributed by atoms with van der Waals surface area (Å²) in [7, 11) is 0. The minimum Gasteiger partial charge on any atom is -0.481 e. The zero-order chi connectivity index (χ0) is 11.9. The Morgan fingerprint density at radius 3 is 2.62 bits per heavy atom. The molecular formula is C11H10ClFO3. The van der Waals surface area contributed by atoms with Gasteiger partial charge in [-0.25, -0.2) is 4.39 Å². The Morgan fingerprint density at radius 1 is 1.50 bits per heavy atom. The van der Waals surface area contributed by atoms with Crippen molar-refractivity contribution in [3.63, 3.8) is 0 Å². The van der Waals surface area contributed by atoms with Crippen LogP contribution in [-0.2, 0) is 10.2 Å². The summed E-state index contributed by atoms with van der Waals surface area (Å²) in [5.41, 5.74) is -1.27. The normalized spacial score (nSPS) is 28.6. The Kier molecular flexibility index (Phi) is 2.64. The standard InChI is InChI=1S/C11H10ClFO3/c12-8-3-1-2-7(9(8)13)11(10(15)16)4-6(14)5-11/h1-3,6,14H,4-5H2,(H,15,16). The molecule has 1 aliphatic carbocycles. The number of halogens is 2. The minimum absolute atomic E-state index is 0.0274. The first kappa shape index (κ1) is 11.4. The molecule has 86 valence electrons. The molecule has 0 unspecified atom stereocenters. The zero-order valence-electron chi connectivity index (χ0n) is 8.28. The van der Waals surface area contributed by atoms with Gasteiger partial charge in [-0.3, -0.25) is 4.79 Å². The van der Waals surface area contributed by atoms with Gasteiger partial charge in [-0.15, -0.1) is 0 Å². The molecule has 3 nitrogen and oxygen atoms in total. The highest BCUT2D eigenvalue weighted by Crippen LogP contribution is 2.45. The monoisotopic (exact) mass is 244 g/mol. The van der Waals surface area contributed by atoms with E-state index in [9.17, 15) is 14.3 Å². The van der Waals surface area contributed by atoms with Crippen LogP contribution in [0.1, 0.15) is 18.4 Å². The number of carbonyl (C=O) groups is 1. The molecule has 0 heterocycles. The smallest absolute Gasteiger partial charge is 0.314 e. The average Bonchev–Trinajstić information content (AvgIpc) is 2.17. The summed E-state index contributed by atoms with van der Waals surface area (Å²) in [4.78, 5) is 11.2. The van der Waals surface area contributed by atoms with Crippen LogP contribution in [0.3, 0.4) is 0 Å². The lowest BCUT2D eigenvalue weighted by molar-refractivity contribution is -0.153. The second-order valence-electron chi connectivity index (χ2n) is 4.05. The summed E-state index contributed by atoms with van der Waals surface area (Å²) in [5, 5.41) is 18.3. The second-order valence-corrected chi connectivity index (χ2v) is 4.46. The van der Waals surface area contributed by atoms with E-state index >= 15 is 0 Å². The molecule has 1 aliphatic rings. The van der Waals surface area contributed by atoms with Gasteiger partial charge in [0.2, 0.25) is 0 Å². The number of rotatable bonds is 2. The number of benzene rings is 1. The van der Waals surface area contributed by atoms with Crippen molar-refractivity contribution in [2.24, 2.45) is 0 Å². The number of aliphatic hydroxyl groups is 1. The highest BCUT2D eigenvalue weighted by atomic mass is 35.5. The third kappa shape index (κ3) is 1.49. The maximum atomic E-state index is 13.7. The maximum Gasteiger partial charge on any atom is 0.314 e. The van der Waals surface area contributed by atoms with Gasteiger partial charge < -0.3 is 10.2 Å². The van der Waals surface area contributed by atoms with E-state index in [0.29, 0.717) is 0 Å². The Bertz CT molecular complexity index is 441. The van der Waals surface area contributed by atoms with E-state index in [-0.39, 0.29) is 23.4 Å². The van der Waals surface area contributed by atoms with E-state index in [0.717, 1.165) is 0 Å². The molecule has 0 aromatic heterocycles. The van der Waals surface area contributed by atoms with E-state index in [4.69, 9.17) is 16.7 Å². The van der Waals surface area contributed by atoms with Crippen molar-refractivity contribution in [2.45, 2.75) is 24.4 Å². The Hall–Kier alpha value is -1.13. The summed E-state index contributed by atoms with van der Waals surface area (Å²) in [6.45, 7) is 0. The van der Waals surface area contributed by atoms with Crippen LogP contribution in [0.25, 0.3) is 0 Å². The SMILES string of the molecule is O=C(O)C1(c2cccc(Cl)c2F)CC(O)C1. The fourth-order valence-electron chi connectivity index (χ4n) is 2.13. The molecule has 0 atom stereocenters. The number of aliphatic hydroxyl groups excluding tert-OH is 1. The molecule has 1 aromatic carbocycles. The topological polar surface area (TPSA) is 57.5 Å². The molecule has 1 saturated carbocycles. The number of carboxylic acids is 1. The van der Waals surface area contributed by atoms with Gasteiger partial charge in [0.05, 0.1) is 11.1 Å². The predicted octanol–water partition coefficient (Wildman–Crippen LogP) is 1.96. The van der Waals surface area contributed by atoms with E-state index in [2.05, 4.69) is 0 Å². The molecular weight excluding hydrogens is 235 g/mol. The minimum atomic E-state index is -1.32. The summed E-state index contributed by atoms with van der Waals surface area (Å²) < 4.78 is 13.7. The van der Waals surface area contributed by atoms with Crippen LogP contribution < -0.4 is 0 Å². The van der Waals surface area contributed by atoms with Crippen LogP contribution in [0.4, 0.5) is 4.39 Å². The Morgan fingerprint density at radius 2 is 2.12 bits per heavy atom. The quantitative estimate of drug-likeness (QED) is 0.836. The van der Waals surface area contributed by atoms with Gasteiger partial charge in [0.15, 0.2) is 0 Å². The highest BCUT2D eigenvalue weighted by Gasteiger charge is 2.52. The van der Waals surface area contributed by atoms with Crippen LogP contribution >= 0.6 is 11.6 Å². The number of carboxylic acid groups (broad SMARTS) is 1. The molecule has 2 rings (SSSR count). The molecule has 0 spiro atoms. The van der Waals surface area contributed by atoms with E-state index in [1.807, 2.05) is 0 Å². The van der Waals surface area contributed by atoms with Gasteiger partial charge in [0.25, 0.3) is 0 Å². The molecule has 0 saturated heterocycles. The number of hydrogen-bond acceptors (Lipinski definition) is 2. The highest BCUT2D eigenvalue weighted by molar-refractivity contribution is 6.30. The predicted molar refractivity (Wildman–Crippen MR) is 56.0 cm³/mol. The molecule has 5 heteroatoms. The molecule has 2 N–H and O–H groups in total. The first-order valence-electron chi connectivity index (χ1n) is 4.83. The van der Waals surface area contributed by atoms with Crippen LogP contribution in [0.2, 0.25) is 5.02 Å². The van der Waals surface area contributed by atoms with Crippen molar-refractivity contribution in [3.8, 4) is 0 Å². The third-order valence-electron chi connectivity index (χ3n) is 3.04. The lowest BCUT2D eigenvalue weighted by Gasteiger charge is -2.42. The number of hydrogen-bond donors (Lipinski definition) is 2. The molecule has 1 fully saturated rings. The molecule has 0 aliphatic heterocycles. The van der Waals surface area contributed by atoms with E-state index in [1.54, 1.807) is 0 Å². The molecule has 0 radical (unpaired) electrons. The lowest BCUT2D eigenvalue weighted by Crippen LogP contribution is -2.51. The second kappa shape index (κ2) is 3.71. The van der Waals surface area contributed by atoms with Crippen molar-refractivity contribution in [3.05, 3.63) is 34.6 Å². The largest absolute Gasteiger partial charge is 0.481 e. The maximum absolute atomic E-state index is 13.7. The summed E-state index contributed by atoms with van der Waals surface area (Å²) in [6.07, 6.45) is -0.631. The van der Waals surface area contributed by atoms with E-state index in [1.165, 1.54) is 18.2 Å². The fourth-order valence-corrected chi connectivity index (χ4v) is 2.30. The van der Waals surface area contributed by atoms with Crippen molar-refractivity contribution in [1.82, 2.24) is 0 Å². The average molecular weight is 245 g/mol.